The summed E-state index contributed by atoms with van der Waals surface area (Å²) in [6.07, 6.45) is 5.36. The molecule has 0 amide bonds. The van der Waals surface area contributed by atoms with Gasteiger partial charge in [0.05, 0.1) is 0 Å². The normalized spacial score (nSPS) is 19.9. The van der Waals surface area contributed by atoms with Gasteiger partial charge in [-0.1, -0.05) is 32.9 Å². The summed E-state index contributed by atoms with van der Waals surface area (Å²) in [4.78, 5) is -0.0566. The van der Waals surface area contributed by atoms with E-state index in [9.17, 15) is 0 Å². The van der Waals surface area contributed by atoms with E-state index in [1.165, 1.54) is 0 Å². The van der Waals surface area contributed by atoms with Crippen LogP contribution in [0.2, 0.25) is 0 Å². The first-order valence-electron chi connectivity index (χ1n) is 4.72. The average Bonchev–Trinajstić information content (AvgIpc) is 1.85. The fourth-order valence-electron chi connectivity index (χ4n) is 1.26. The van der Waals surface area contributed by atoms with Crippen molar-refractivity contribution in [2.45, 2.75) is 45.9 Å². The van der Waals surface area contributed by atoms with E-state index < -0.39 is 0 Å². The highest BCUT2D eigenvalue weighted by atomic mass is 35.5. The molecular formula is C11H21Cl. The van der Waals surface area contributed by atoms with Crippen LogP contribution in [0.15, 0.2) is 12.2 Å². The van der Waals surface area contributed by atoms with Crippen LogP contribution in [0.4, 0.5) is 0 Å². The van der Waals surface area contributed by atoms with Crippen LogP contribution in [-0.4, -0.2) is 4.87 Å². The second kappa shape index (κ2) is 4.91. The van der Waals surface area contributed by atoms with E-state index in [-0.39, 0.29) is 4.87 Å². The van der Waals surface area contributed by atoms with Crippen LogP contribution in [-0.2, 0) is 0 Å². The van der Waals surface area contributed by atoms with Crippen molar-refractivity contribution in [1.82, 2.24) is 0 Å². The summed E-state index contributed by atoms with van der Waals surface area (Å²) in [5.74, 6) is 1.12. The zero-order valence-corrected chi connectivity index (χ0v) is 9.65. The summed E-state index contributed by atoms with van der Waals surface area (Å²) in [5, 5.41) is 0. The minimum absolute atomic E-state index is 0.0566. The van der Waals surface area contributed by atoms with Crippen molar-refractivity contribution in [3.05, 3.63) is 12.2 Å². The van der Waals surface area contributed by atoms with Gasteiger partial charge in [0, 0.05) is 4.87 Å². The van der Waals surface area contributed by atoms with Gasteiger partial charge in [0.1, 0.15) is 0 Å². The molecule has 0 aromatic rings. The van der Waals surface area contributed by atoms with Crippen molar-refractivity contribution in [2.75, 3.05) is 0 Å². The Labute approximate surface area is 82.0 Å². The minimum Gasteiger partial charge on any atom is -0.119 e. The number of hydrogen-bond acceptors (Lipinski definition) is 0. The van der Waals surface area contributed by atoms with Gasteiger partial charge in [0.15, 0.2) is 0 Å². The summed E-state index contributed by atoms with van der Waals surface area (Å²) in [7, 11) is 0. The molecule has 0 bridgehead atoms. The second-order valence-corrected chi connectivity index (χ2v) is 5.00. The molecule has 0 unspecified atom stereocenters. The molecule has 2 atom stereocenters. The Morgan fingerprint density at radius 2 is 1.83 bits per heavy atom. The first-order valence-corrected chi connectivity index (χ1v) is 5.09. The van der Waals surface area contributed by atoms with E-state index in [2.05, 4.69) is 46.8 Å². The molecule has 0 saturated carbocycles. The molecule has 0 aliphatic carbocycles. The fourth-order valence-corrected chi connectivity index (χ4v) is 1.51. The molecule has 0 aliphatic heterocycles. The number of allylic oxidation sites excluding steroid dienone is 2. The molecule has 0 aromatic heterocycles. The van der Waals surface area contributed by atoms with Gasteiger partial charge in [-0.05, 0) is 32.1 Å². The maximum absolute atomic E-state index is 6.37. The Hall–Kier alpha value is 0.0300. The quantitative estimate of drug-likeness (QED) is 0.457. The van der Waals surface area contributed by atoms with E-state index >= 15 is 0 Å². The molecule has 0 fully saturated rings. The molecule has 0 spiro atoms. The topological polar surface area (TPSA) is 0 Å². The lowest BCUT2D eigenvalue weighted by Gasteiger charge is -2.28. The monoisotopic (exact) mass is 188 g/mol. The first kappa shape index (κ1) is 12.0. The van der Waals surface area contributed by atoms with Gasteiger partial charge in [-0.2, -0.15) is 0 Å². The lowest BCUT2D eigenvalue weighted by molar-refractivity contribution is 0.392. The van der Waals surface area contributed by atoms with Crippen molar-refractivity contribution >= 4 is 11.6 Å². The predicted molar refractivity (Wildman–Crippen MR) is 57.7 cm³/mol. The zero-order valence-electron chi connectivity index (χ0n) is 8.89. The summed E-state index contributed by atoms with van der Waals surface area (Å²) >= 11 is 6.37. The van der Waals surface area contributed by atoms with E-state index in [0.717, 1.165) is 6.42 Å². The Kier molecular flexibility index (Phi) is 4.92. The Morgan fingerprint density at radius 3 is 2.17 bits per heavy atom. The van der Waals surface area contributed by atoms with Gasteiger partial charge < -0.3 is 0 Å². The Bertz CT molecular complexity index is 145. The number of alkyl halides is 1. The van der Waals surface area contributed by atoms with Gasteiger partial charge in [0.2, 0.25) is 0 Å². The molecule has 0 nitrogen and oxygen atoms in total. The van der Waals surface area contributed by atoms with Crippen molar-refractivity contribution in [1.29, 1.82) is 0 Å². The minimum atomic E-state index is -0.0566. The highest BCUT2D eigenvalue weighted by molar-refractivity contribution is 6.23. The number of rotatable bonds is 4. The average molecular weight is 189 g/mol. The molecule has 1 heteroatoms. The van der Waals surface area contributed by atoms with Gasteiger partial charge in [0.25, 0.3) is 0 Å². The van der Waals surface area contributed by atoms with Gasteiger partial charge in [-0.3, -0.25) is 0 Å². The highest BCUT2D eigenvalue weighted by Crippen LogP contribution is 2.32. The van der Waals surface area contributed by atoms with Crippen LogP contribution in [0.5, 0.6) is 0 Å². The fraction of sp³-hybridized carbons (Fsp3) is 0.818. The van der Waals surface area contributed by atoms with E-state index in [4.69, 9.17) is 11.6 Å². The maximum atomic E-state index is 6.37. The Balaban J connectivity index is 4.05. The molecule has 0 aliphatic rings. The van der Waals surface area contributed by atoms with Crippen molar-refractivity contribution in [2.24, 2.45) is 11.8 Å². The second-order valence-electron chi connectivity index (χ2n) is 4.14. The smallest absolute Gasteiger partial charge is 0.0447 e. The third-order valence-corrected chi connectivity index (χ3v) is 3.04. The standard InChI is InChI=1S/C11H21Cl/c1-6-7-10(4)8-11(5,12)9(2)3/h6-7,9-10H,8H2,1-5H3/b7-6+/t10-,11-/m1/s1. The molecule has 0 N–H and O–H groups in total. The molecular weight excluding hydrogens is 168 g/mol. The lowest BCUT2D eigenvalue weighted by Crippen LogP contribution is -2.26. The van der Waals surface area contributed by atoms with E-state index in [1.807, 2.05) is 0 Å². The van der Waals surface area contributed by atoms with Gasteiger partial charge >= 0.3 is 0 Å². The lowest BCUT2D eigenvalue weighted by atomic mass is 9.87. The number of hydrogen-bond donors (Lipinski definition) is 0. The third-order valence-electron chi connectivity index (χ3n) is 2.45. The summed E-state index contributed by atoms with van der Waals surface area (Å²) in [6, 6.07) is 0. The number of halogens is 1. The van der Waals surface area contributed by atoms with E-state index in [1.54, 1.807) is 0 Å². The summed E-state index contributed by atoms with van der Waals surface area (Å²) < 4.78 is 0. The SMILES string of the molecule is C/C=C/[C@@H](C)C[C@@](C)(Cl)C(C)C. The summed E-state index contributed by atoms with van der Waals surface area (Å²) in [5.41, 5.74) is 0. The molecule has 12 heavy (non-hydrogen) atoms. The molecule has 72 valence electrons. The van der Waals surface area contributed by atoms with Crippen LogP contribution >= 0.6 is 11.6 Å². The molecule has 0 aromatic carbocycles. The van der Waals surface area contributed by atoms with Gasteiger partial charge in [-0.15, -0.1) is 11.6 Å². The summed E-state index contributed by atoms with van der Waals surface area (Å²) in [6.45, 7) is 10.7. The van der Waals surface area contributed by atoms with E-state index in [0.29, 0.717) is 11.8 Å². The molecule has 0 rings (SSSR count). The predicted octanol–water partition coefficient (Wildman–Crippen LogP) is 4.24. The zero-order chi connectivity index (χ0) is 9.78. The van der Waals surface area contributed by atoms with Crippen molar-refractivity contribution in [3.8, 4) is 0 Å². The largest absolute Gasteiger partial charge is 0.119 e. The van der Waals surface area contributed by atoms with Crippen molar-refractivity contribution in [3.63, 3.8) is 0 Å². The Morgan fingerprint density at radius 1 is 1.33 bits per heavy atom. The van der Waals surface area contributed by atoms with Crippen LogP contribution in [0.1, 0.15) is 41.0 Å². The maximum Gasteiger partial charge on any atom is 0.0447 e. The highest BCUT2D eigenvalue weighted by Gasteiger charge is 2.26. The third kappa shape index (κ3) is 4.15. The molecule has 0 saturated heterocycles. The van der Waals surface area contributed by atoms with Gasteiger partial charge in [-0.25, -0.2) is 0 Å². The molecule has 0 heterocycles. The first-order chi connectivity index (χ1) is 5.40. The molecule has 0 radical (unpaired) electrons. The van der Waals surface area contributed by atoms with Crippen LogP contribution in [0.3, 0.4) is 0 Å². The van der Waals surface area contributed by atoms with Crippen LogP contribution in [0.25, 0.3) is 0 Å². The van der Waals surface area contributed by atoms with Crippen LogP contribution < -0.4 is 0 Å². The van der Waals surface area contributed by atoms with Crippen molar-refractivity contribution < 1.29 is 0 Å². The van der Waals surface area contributed by atoms with Crippen LogP contribution in [0, 0.1) is 11.8 Å².